The molecule has 1 aliphatic rings. The van der Waals surface area contributed by atoms with Crippen molar-refractivity contribution in [3.63, 3.8) is 0 Å². The predicted molar refractivity (Wildman–Crippen MR) is 79.9 cm³/mol. The Morgan fingerprint density at radius 3 is 2.91 bits per heavy atom. The van der Waals surface area contributed by atoms with E-state index in [1.165, 1.54) is 11.0 Å². The Bertz CT molecular complexity index is 676. The second-order valence-electron chi connectivity index (χ2n) is 5.50. The first-order valence-electron chi connectivity index (χ1n) is 7.06. The lowest BCUT2D eigenvalue weighted by Gasteiger charge is -2.34. The first kappa shape index (κ1) is 14.9. The number of halogens is 1. The zero-order valence-electron chi connectivity index (χ0n) is 12.1. The summed E-state index contributed by atoms with van der Waals surface area (Å²) < 4.78 is 1.46. The van der Waals surface area contributed by atoms with Crippen LogP contribution in [0.1, 0.15) is 23.7 Å². The monoisotopic (exact) mass is 321 g/mol. The number of hydrogen-bond acceptors (Lipinski definition) is 5. The van der Waals surface area contributed by atoms with E-state index in [1.54, 1.807) is 23.1 Å². The Morgan fingerprint density at radius 2 is 2.27 bits per heavy atom. The van der Waals surface area contributed by atoms with Crippen LogP contribution in [0.3, 0.4) is 0 Å². The van der Waals surface area contributed by atoms with Gasteiger partial charge in [-0.05, 0) is 41.0 Å². The number of aromatic nitrogens is 4. The van der Waals surface area contributed by atoms with E-state index < -0.39 is 6.10 Å². The zero-order chi connectivity index (χ0) is 15.7. The highest BCUT2D eigenvalue weighted by Crippen LogP contribution is 2.24. The van der Waals surface area contributed by atoms with Crippen LogP contribution in [0.4, 0.5) is 0 Å². The van der Waals surface area contributed by atoms with E-state index >= 15 is 0 Å². The van der Waals surface area contributed by atoms with Crippen LogP contribution >= 0.6 is 11.6 Å². The molecule has 1 saturated heterocycles. The minimum absolute atomic E-state index is 0.167. The van der Waals surface area contributed by atoms with Crippen LogP contribution in [-0.4, -0.2) is 55.3 Å². The lowest BCUT2D eigenvalue weighted by molar-refractivity contribution is 0.0249. The zero-order valence-corrected chi connectivity index (χ0v) is 12.8. The molecule has 2 atom stereocenters. The maximum Gasteiger partial charge on any atom is 0.255 e. The number of carbonyl (C=O) groups is 1. The van der Waals surface area contributed by atoms with Gasteiger partial charge in [0.25, 0.3) is 5.91 Å². The van der Waals surface area contributed by atoms with Crippen molar-refractivity contribution in [3.05, 3.63) is 35.1 Å². The summed E-state index contributed by atoms with van der Waals surface area (Å²) in [5.74, 6) is 0.0425. The van der Waals surface area contributed by atoms with Gasteiger partial charge in [-0.25, -0.2) is 4.68 Å². The van der Waals surface area contributed by atoms with Crippen LogP contribution in [0.2, 0.25) is 5.02 Å². The molecule has 1 aromatic heterocycles. The van der Waals surface area contributed by atoms with Crippen LogP contribution in [-0.2, 0) is 0 Å². The van der Waals surface area contributed by atoms with E-state index in [0.717, 1.165) is 6.42 Å². The molecule has 1 amide bonds. The number of carbonyl (C=O) groups excluding carboxylic acids is 1. The third kappa shape index (κ3) is 2.82. The molecule has 2 aromatic rings. The van der Waals surface area contributed by atoms with Crippen molar-refractivity contribution in [1.82, 2.24) is 25.1 Å². The molecular weight excluding hydrogens is 306 g/mol. The molecule has 8 heteroatoms. The van der Waals surface area contributed by atoms with Gasteiger partial charge in [0.15, 0.2) is 0 Å². The molecule has 0 radical (unpaired) electrons. The fourth-order valence-electron chi connectivity index (χ4n) is 2.50. The number of piperidine rings is 1. The van der Waals surface area contributed by atoms with E-state index in [-0.39, 0.29) is 11.8 Å². The highest BCUT2D eigenvalue weighted by Gasteiger charge is 2.28. The molecule has 2 unspecified atom stereocenters. The first-order valence-corrected chi connectivity index (χ1v) is 7.44. The summed E-state index contributed by atoms with van der Waals surface area (Å²) in [6, 6.07) is 5.04. The van der Waals surface area contributed by atoms with Gasteiger partial charge >= 0.3 is 0 Å². The van der Waals surface area contributed by atoms with Crippen molar-refractivity contribution in [3.8, 4) is 5.69 Å². The van der Waals surface area contributed by atoms with Crippen molar-refractivity contribution in [2.75, 3.05) is 13.1 Å². The normalized spacial score (nSPS) is 21.9. The van der Waals surface area contributed by atoms with Gasteiger partial charge in [0.05, 0.1) is 22.4 Å². The van der Waals surface area contributed by atoms with Gasteiger partial charge in [-0.15, -0.1) is 5.10 Å². The van der Waals surface area contributed by atoms with Crippen molar-refractivity contribution in [1.29, 1.82) is 0 Å². The lowest BCUT2D eigenvalue weighted by atomic mass is 9.95. The van der Waals surface area contributed by atoms with Crippen LogP contribution in [0.25, 0.3) is 5.69 Å². The predicted octanol–water partition coefficient (Wildman–Crippen LogP) is 1.16. The number of amides is 1. The topological polar surface area (TPSA) is 84.1 Å². The summed E-state index contributed by atoms with van der Waals surface area (Å²) in [7, 11) is 0. The minimum atomic E-state index is -0.489. The molecule has 1 aromatic carbocycles. The van der Waals surface area contributed by atoms with Gasteiger partial charge in [0.2, 0.25) is 0 Å². The molecule has 1 N–H and O–H groups in total. The summed E-state index contributed by atoms with van der Waals surface area (Å²) >= 11 is 6.23. The first-order chi connectivity index (χ1) is 10.6. The Balaban J connectivity index is 1.81. The smallest absolute Gasteiger partial charge is 0.255 e. The SMILES string of the molecule is CC1CCN(C(=O)c2ccc(-n3cnnn3)cc2Cl)CC1O. The highest BCUT2D eigenvalue weighted by molar-refractivity contribution is 6.34. The van der Waals surface area contributed by atoms with Gasteiger partial charge in [-0.2, -0.15) is 0 Å². The van der Waals surface area contributed by atoms with Crippen LogP contribution < -0.4 is 0 Å². The number of benzene rings is 1. The summed E-state index contributed by atoms with van der Waals surface area (Å²) in [6.07, 6.45) is 1.75. The molecule has 0 aliphatic carbocycles. The van der Waals surface area contributed by atoms with Gasteiger partial charge in [0, 0.05) is 13.1 Å². The molecular formula is C14H16ClN5O2. The van der Waals surface area contributed by atoms with Gasteiger partial charge < -0.3 is 10.0 Å². The van der Waals surface area contributed by atoms with Gasteiger partial charge in [-0.3, -0.25) is 4.79 Å². The second-order valence-corrected chi connectivity index (χ2v) is 5.91. The molecule has 1 aliphatic heterocycles. The lowest BCUT2D eigenvalue weighted by Crippen LogP contribution is -2.45. The maximum atomic E-state index is 12.6. The average molecular weight is 322 g/mol. The van der Waals surface area contributed by atoms with Gasteiger partial charge in [-0.1, -0.05) is 18.5 Å². The molecule has 0 bridgehead atoms. The van der Waals surface area contributed by atoms with Crippen LogP contribution in [0.5, 0.6) is 0 Å². The molecule has 2 heterocycles. The Labute approximate surface area is 132 Å². The fourth-order valence-corrected chi connectivity index (χ4v) is 2.76. The van der Waals surface area contributed by atoms with Crippen molar-refractivity contribution in [2.45, 2.75) is 19.4 Å². The fraction of sp³-hybridized carbons (Fsp3) is 0.429. The average Bonchev–Trinajstić information content (AvgIpc) is 3.03. The third-order valence-electron chi connectivity index (χ3n) is 4.00. The summed E-state index contributed by atoms with van der Waals surface area (Å²) in [6.45, 7) is 2.95. The molecule has 116 valence electrons. The number of aliphatic hydroxyl groups is 1. The van der Waals surface area contributed by atoms with Crippen molar-refractivity contribution in [2.24, 2.45) is 5.92 Å². The van der Waals surface area contributed by atoms with Crippen molar-refractivity contribution < 1.29 is 9.90 Å². The number of hydrogen-bond donors (Lipinski definition) is 1. The number of likely N-dealkylation sites (tertiary alicyclic amines) is 1. The molecule has 1 fully saturated rings. The second kappa shape index (κ2) is 6.02. The quantitative estimate of drug-likeness (QED) is 0.897. The van der Waals surface area contributed by atoms with Crippen LogP contribution in [0.15, 0.2) is 24.5 Å². The Hall–Kier alpha value is -1.99. The van der Waals surface area contributed by atoms with E-state index in [9.17, 15) is 9.90 Å². The number of aliphatic hydroxyl groups excluding tert-OH is 1. The maximum absolute atomic E-state index is 12.6. The molecule has 0 spiro atoms. The van der Waals surface area contributed by atoms with E-state index in [2.05, 4.69) is 15.5 Å². The van der Waals surface area contributed by atoms with E-state index in [0.29, 0.717) is 29.4 Å². The third-order valence-corrected chi connectivity index (χ3v) is 4.32. The van der Waals surface area contributed by atoms with Crippen molar-refractivity contribution >= 4 is 17.5 Å². The van der Waals surface area contributed by atoms with E-state index in [4.69, 9.17) is 11.6 Å². The highest BCUT2D eigenvalue weighted by atomic mass is 35.5. The van der Waals surface area contributed by atoms with Gasteiger partial charge in [0.1, 0.15) is 6.33 Å². The molecule has 0 saturated carbocycles. The largest absolute Gasteiger partial charge is 0.391 e. The molecule has 7 nitrogen and oxygen atoms in total. The Kier molecular flexibility index (Phi) is 4.08. The number of rotatable bonds is 2. The number of β-amino-alcohol motifs (C(OH)–C–C–N with tert-alkyl or cyclic N) is 1. The summed E-state index contributed by atoms with van der Waals surface area (Å²) in [5.41, 5.74) is 1.10. The number of nitrogens with zero attached hydrogens (tertiary/aromatic N) is 5. The number of tetrazole rings is 1. The standard InChI is InChI=1S/C14H16ClN5O2/c1-9-4-5-19(7-13(9)21)14(22)11-3-2-10(6-12(11)15)20-8-16-17-18-20/h2-3,6,8-9,13,21H,4-5,7H2,1H3. The Morgan fingerprint density at radius 1 is 1.45 bits per heavy atom. The summed E-state index contributed by atoms with van der Waals surface area (Å²) in [4.78, 5) is 14.2. The summed E-state index contributed by atoms with van der Waals surface area (Å²) in [5, 5.41) is 21.2. The molecule has 3 rings (SSSR count). The van der Waals surface area contributed by atoms with Crippen LogP contribution in [0, 0.1) is 5.92 Å². The van der Waals surface area contributed by atoms with E-state index in [1.807, 2.05) is 6.92 Å². The minimum Gasteiger partial charge on any atom is -0.391 e. The molecule has 22 heavy (non-hydrogen) atoms.